The number of carbonyl (C=O) groups excluding carboxylic acids is 2. The maximum atomic E-state index is 14.1. The largest absolute Gasteiger partial charge is 0.366 e. The second kappa shape index (κ2) is 9.58. The summed E-state index contributed by atoms with van der Waals surface area (Å²) in [7, 11) is 0. The van der Waals surface area contributed by atoms with Crippen LogP contribution >= 0.6 is 0 Å². The van der Waals surface area contributed by atoms with Crippen molar-refractivity contribution >= 4 is 34.2 Å². The zero-order valence-electron chi connectivity index (χ0n) is 19.4. The number of nitrogens with zero attached hydrogens (tertiary/aromatic N) is 3. The standard InChI is InChI=1S/C27H26FN5O2/c1-18(34)29-21-9-6-19(7-10-21)16-26-30-23-11-8-20(17-24(23)31-26)27(35)33-14-12-32(13-15-33)25-5-3-2-4-22(25)28/h2-11,17H,12-16H2,1H3,(H,29,34)(H,30,31). The van der Waals surface area contributed by atoms with Gasteiger partial charge in [-0.3, -0.25) is 9.59 Å². The fourth-order valence-corrected chi connectivity index (χ4v) is 4.42. The zero-order chi connectivity index (χ0) is 24.4. The number of hydrogen-bond acceptors (Lipinski definition) is 4. The Morgan fingerprint density at radius 1 is 1.00 bits per heavy atom. The van der Waals surface area contributed by atoms with Gasteiger partial charge >= 0.3 is 0 Å². The van der Waals surface area contributed by atoms with Gasteiger partial charge in [0.15, 0.2) is 0 Å². The molecule has 3 aromatic carbocycles. The highest BCUT2D eigenvalue weighted by atomic mass is 19.1. The molecule has 0 bridgehead atoms. The number of carbonyl (C=O) groups is 2. The van der Waals surface area contributed by atoms with Gasteiger partial charge in [0.2, 0.25) is 5.91 Å². The van der Waals surface area contributed by atoms with Crippen LogP contribution in [0.5, 0.6) is 0 Å². The first kappa shape index (κ1) is 22.6. The molecule has 0 radical (unpaired) electrons. The van der Waals surface area contributed by atoms with E-state index in [1.807, 2.05) is 52.3 Å². The van der Waals surface area contributed by atoms with Gasteiger partial charge in [0.25, 0.3) is 5.91 Å². The summed E-state index contributed by atoms with van der Waals surface area (Å²) in [5.74, 6) is 0.420. The summed E-state index contributed by atoms with van der Waals surface area (Å²) < 4.78 is 14.1. The molecule has 0 spiro atoms. The van der Waals surface area contributed by atoms with Gasteiger partial charge in [-0.2, -0.15) is 0 Å². The number of nitrogens with one attached hydrogen (secondary N) is 2. The molecule has 4 aromatic rings. The van der Waals surface area contributed by atoms with E-state index >= 15 is 0 Å². The second-order valence-electron chi connectivity index (χ2n) is 8.70. The molecule has 2 amide bonds. The number of aromatic amines is 1. The van der Waals surface area contributed by atoms with Crippen molar-refractivity contribution in [3.8, 4) is 0 Å². The summed E-state index contributed by atoms with van der Waals surface area (Å²) in [6.45, 7) is 3.72. The molecule has 0 atom stereocenters. The van der Waals surface area contributed by atoms with Crippen LogP contribution in [0.4, 0.5) is 15.8 Å². The van der Waals surface area contributed by atoms with Crippen LogP contribution in [0.15, 0.2) is 66.7 Å². The van der Waals surface area contributed by atoms with Crippen molar-refractivity contribution in [2.75, 3.05) is 36.4 Å². The Hall–Kier alpha value is -4.20. The number of piperazine rings is 1. The molecule has 0 aliphatic carbocycles. The van der Waals surface area contributed by atoms with Crippen molar-refractivity contribution in [2.24, 2.45) is 0 Å². The summed E-state index contributed by atoms with van der Waals surface area (Å²) in [5.41, 5.74) is 4.61. The molecule has 0 saturated carbocycles. The molecule has 5 rings (SSSR count). The Bertz CT molecular complexity index is 1370. The second-order valence-corrected chi connectivity index (χ2v) is 8.70. The normalized spacial score (nSPS) is 13.8. The summed E-state index contributed by atoms with van der Waals surface area (Å²) in [4.78, 5) is 36.1. The molecule has 1 aliphatic rings. The molecular formula is C27H26FN5O2. The number of amides is 2. The predicted octanol–water partition coefficient (Wildman–Crippen LogP) is 4.21. The first-order valence-electron chi connectivity index (χ1n) is 11.6. The third kappa shape index (κ3) is 5.01. The van der Waals surface area contributed by atoms with Crippen LogP contribution in [0.2, 0.25) is 0 Å². The van der Waals surface area contributed by atoms with Crippen molar-refractivity contribution in [3.05, 3.63) is 89.5 Å². The monoisotopic (exact) mass is 471 g/mol. The molecule has 2 heterocycles. The Morgan fingerprint density at radius 3 is 2.46 bits per heavy atom. The SMILES string of the molecule is CC(=O)Nc1ccc(Cc2nc3ccc(C(=O)N4CCN(c5ccccc5F)CC4)cc3[nH]2)cc1. The predicted molar refractivity (Wildman–Crippen MR) is 134 cm³/mol. The summed E-state index contributed by atoms with van der Waals surface area (Å²) in [5, 5.41) is 2.76. The number of benzene rings is 3. The molecule has 35 heavy (non-hydrogen) atoms. The minimum absolute atomic E-state index is 0.0372. The van der Waals surface area contributed by atoms with E-state index in [1.54, 1.807) is 18.2 Å². The highest BCUT2D eigenvalue weighted by molar-refractivity contribution is 5.97. The first-order chi connectivity index (χ1) is 17.0. The molecule has 178 valence electrons. The lowest BCUT2D eigenvalue weighted by atomic mass is 10.1. The third-order valence-electron chi connectivity index (χ3n) is 6.18. The minimum Gasteiger partial charge on any atom is -0.366 e. The fraction of sp³-hybridized carbons (Fsp3) is 0.222. The van der Waals surface area contributed by atoms with Crippen LogP contribution in [-0.2, 0) is 11.2 Å². The number of fused-ring (bicyclic) bond motifs is 1. The van der Waals surface area contributed by atoms with E-state index in [1.165, 1.54) is 13.0 Å². The van der Waals surface area contributed by atoms with E-state index in [0.29, 0.717) is 43.9 Å². The first-order valence-corrected chi connectivity index (χ1v) is 11.6. The Morgan fingerprint density at radius 2 is 1.74 bits per heavy atom. The van der Waals surface area contributed by atoms with Gasteiger partial charge in [0, 0.05) is 50.8 Å². The summed E-state index contributed by atoms with van der Waals surface area (Å²) >= 11 is 0. The van der Waals surface area contributed by atoms with Crippen LogP contribution < -0.4 is 10.2 Å². The van der Waals surface area contributed by atoms with Crippen LogP contribution in [0.3, 0.4) is 0 Å². The van der Waals surface area contributed by atoms with E-state index in [9.17, 15) is 14.0 Å². The Balaban J connectivity index is 1.25. The average molecular weight is 472 g/mol. The van der Waals surface area contributed by atoms with Crippen molar-refractivity contribution in [3.63, 3.8) is 0 Å². The quantitative estimate of drug-likeness (QED) is 0.457. The topological polar surface area (TPSA) is 81.3 Å². The van der Waals surface area contributed by atoms with Gasteiger partial charge in [-0.25, -0.2) is 9.37 Å². The van der Waals surface area contributed by atoms with E-state index in [0.717, 1.165) is 28.1 Å². The highest BCUT2D eigenvalue weighted by Gasteiger charge is 2.24. The van der Waals surface area contributed by atoms with E-state index in [-0.39, 0.29) is 17.6 Å². The van der Waals surface area contributed by atoms with Crippen LogP contribution in [-0.4, -0.2) is 52.9 Å². The number of anilines is 2. The molecule has 2 N–H and O–H groups in total. The molecule has 1 saturated heterocycles. The van der Waals surface area contributed by atoms with Crippen molar-refractivity contribution in [1.82, 2.24) is 14.9 Å². The number of halogens is 1. The molecule has 1 aliphatic heterocycles. The van der Waals surface area contributed by atoms with Crippen molar-refractivity contribution in [2.45, 2.75) is 13.3 Å². The number of hydrogen-bond donors (Lipinski definition) is 2. The molecule has 0 unspecified atom stereocenters. The Kier molecular flexibility index (Phi) is 6.18. The lowest BCUT2D eigenvalue weighted by molar-refractivity contribution is -0.114. The Labute approximate surface area is 202 Å². The van der Waals surface area contributed by atoms with Crippen molar-refractivity contribution < 1.29 is 14.0 Å². The summed E-state index contributed by atoms with van der Waals surface area (Å²) in [6, 6.07) is 19.9. The van der Waals surface area contributed by atoms with Gasteiger partial charge < -0.3 is 20.1 Å². The molecule has 7 nitrogen and oxygen atoms in total. The highest BCUT2D eigenvalue weighted by Crippen LogP contribution is 2.22. The molecule has 1 aromatic heterocycles. The number of aromatic nitrogens is 2. The molecular weight excluding hydrogens is 445 g/mol. The van der Waals surface area contributed by atoms with Crippen LogP contribution in [0.25, 0.3) is 11.0 Å². The van der Waals surface area contributed by atoms with Gasteiger partial charge in [0.05, 0.1) is 16.7 Å². The lowest BCUT2D eigenvalue weighted by Crippen LogP contribution is -2.49. The number of rotatable bonds is 5. The smallest absolute Gasteiger partial charge is 0.254 e. The fourth-order valence-electron chi connectivity index (χ4n) is 4.42. The maximum absolute atomic E-state index is 14.1. The molecule has 8 heteroatoms. The van der Waals surface area contributed by atoms with Gasteiger partial charge in [-0.1, -0.05) is 24.3 Å². The van der Waals surface area contributed by atoms with E-state index in [4.69, 9.17) is 0 Å². The average Bonchev–Trinajstić information content (AvgIpc) is 3.26. The number of para-hydroxylation sites is 1. The maximum Gasteiger partial charge on any atom is 0.254 e. The van der Waals surface area contributed by atoms with E-state index in [2.05, 4.69) is 15.3 Å². The third-order valence-corrected chi connectivity index (χ3v) is 6.18. The van der Waals surface area contributed by atoms with Crippen LogP contribution in [0.1, 0.15) is 28.7 Å². The van der Waals surface area contributed by atoms with Gasteiger partial charge in [-0.05, 0) is 48.0 Å². The van der Waals surface area contributed by atoms with E-state index < -0.39 is 0 Å². The van der Waals surface area contributed by atoms with Crippen molar-refractivity contribution in [1.29, 1.82) is 0 Å². The van der Waals surface area contributed by atoms with Gasteiger partial charge in [-0.15, -0.1) is 0 Å². The number of imidazole rings is 1. The zero-order valence-corrected chi connectivity index (χ0v) is 19.4. The number of H-pyrrole nitrogens is 1. The minimum atomic E-state index is -0.239. The molecule has 1 fully saturated rings. The van der Waals surface area contributed by atoms with Gasteiger partial charge in [0.1, 0.15) is 11.6 Å². The summed E-state index contributed by atoms with van der Waals surface area (Å²) in [6.07, 6.45) is 0.607. The van der Waals surface area contributed by atoms with Crippen LogP contribution in [0, 0.1) is 5.82 Å². The lowest BCUT2D eigenvalue weighted by Gasteiger charge is -2.36.